The molecule has 2 aromatic heterocycles. The molecule has 5 nitrogen and oxygen atoms in total. The van der Waals surface area contributed by atoms with Gasteiger partial charge in [0.1, 0.15) is 5.01 Å². The first-order valence-electron chi connectivity index (χ1n) is 6.82. The number of hydrogen-bond donors (Lipinski definition) is 0. The first kappa shape index (κ1) is 14.7. The average molecular weight is 293 g/mol. The molecule has 0 N–H and O–H groups in total. The number of ether oxygens (including phenoxy) is 1. The van der Waals surface area contributed by atoms with Gasteiger partial charge in [-0.05, 0) is 6.42 Å². The van der Waals surface area contributed by atoms with Crippen molar-refractivity contribution in [3.05, 3.63) is 23.5 Å². The highest BCUT2D eigenvalue weighted by Gasteiger charge is 2.13. The number of aryl methyl sites for hydroxylation is 1. The summed E-state index contributed by atoms with van der Waals surface area (Å²) >= 11 is 1.43. The van der Waals surface area contributed by atoms with Gasteiger partial charge in [0, 0.05) is 24.2 Å². The minimum atomic E-state index is -0.340. The Bertz CT molecular complexity index is 562. The minimum Gasteiger partial charge on any atom is -0.461 e. The summed E-state index contributed by atoms with van der Waals surface area (Å²) in [5.41, 5.74) is 1.30. The molecule has 0 aliphatic carbocycles. The Hall–Kier alpha value is -1.69. The van der Waals surface area contributed by atoms with Crippen LogP contribution in [0.15, 0.2) is 17.8 Å². The van der Waals surface area contributed by atoms with Crippen LogP contribution in [-0.4, -0.2) is 27.3 Å². The second-order valence-corrected chi connectivity index (χ2v) is 5.50. The fourth-order valence-corrected chi connectivity index (χ4v) is 2.56. The lowest BCUT2D eigenvalue weighted by Gasteiger charge is -2.01. The molecule has 0 aliphatic heterocycles. The molecule has 0 aromatic carbocycles. The fourth-order valence-electron chi connectivity index (χ4n) is 1.80. The maximum absolute atomic E-state index is 11.8. The SMILES string of the molecule is CCCCCCOC(=O)c1csc(-c2cnn(C)c2)n1. The predicted octanol–water partition coefficient (Wildman–Crippen LogP) is 3.28. The number of carbonyl (C=O) groups is 1. The van der Waals surface area contributed by atoms with E-state index in [1.165, 1.54) is 24.2 Å². The molecule has 108 valence electrons. The highest BCUT2D eigenvalue weighted by molar-refractivity contribution is 7.13. The van der Waals surface area contributed by atoms with E-state index in [9.17, 15) is 4.79 Å². The molecule has 6 heteroatoms. The summed E-state index contributed by atoms with van der Waals surface area (Å²) in [6, 6.07) is 0. The number of hydrogen-bond acceptors (Lipinski definition) is 5. The third-order valence-corrected chi connectivity index (χ3v) is 3.79. The molecule has 2 rings (SSSR count). The van der Waals surface area contributed by atoms with Crippen LogP contribution in [0.5, 0.6) is 0 Å². The van der Waals surface area contributed by atoms with Gasteiger partial charge < -0.3 is 4.74 Å². The molecular weight excluding hydrogens is 274 g/mol. The Morgan fingerprint density at radius 3 is 2.95 bits per heavy atom. The third kappa shape index (κ3) is 3.90. The zero-order chi connectivity index (χ0) is 14.4. The highest BCUT2D eigenvalue weighted by atomic mass is 32.1. The zero-order valence-corrected chi connectivity index (χ0v) is 12.7. The monoisotopic (exact) mass is 293 g/mol. The third-order valence-electron chi connectivity index (χ3n) is 2.90. The van der Waals surface area contributed by atoms with E-state index in [0.29, 0.717) is 12.3 Å². The normalized spacial score (nSPS) is 10.7. The van der Waals surface area contributed by atoms with Gasteiger partial charge in [0.05, 0.1) is 12.8 Å². The largest absolute Gasteiger partial charge is 0.461 e. The molecule has 0 unspecified atom stereocenters. The summed E-state index contributed by atoms with van der Waals surface area (Å²) in [6.07, 6.45) is 7.98. The van der Waals surface area contributed by atoms with Gasteiger partial charge in [0.15, 0.2) is 5.69 Å². The number of unbranched alkanes of at least 4 members (excludes halogenated alkanes) is 3. The van der Waals surface area contributed by atoms with Gasteiger partial charge in [-0.25, -0.2) is 9.78 Å². The summed E-state index contributed by atoms with van der Waals surface area (Å²) in [5.74, 6) is -0.340. The van der Waals surface area contributed by atoms with Crippen molar-refractivity contribution < 1.29 is 9.53 Å². The van der Waals surface area contributed by atoms with Crippen LogP contribution in [-0.2, 0) is 11.8 Å². The molecule has 2 aromatic rings. The van der Waals surface area contributed by atoms with Crippen molar-refractivity contribution in [2.45, 2.75) is 32.6 Å². The van der Waals surface area contributed by atoms with Crippen molar-refractivity contribution in [1.82, 2.24) is 14.8 Å². The number of rotatable bonds is 7. The molecule has 2 heterocycles. The van der Waals surface area contributed by atoms with Crippen molar-refractivity contribution >= 4 is 17.3 Å². The quantitative estimate of drug-likeness (QED) is 0.580. The van der Waals surface area contributed by atoms with E-state index >= 15 is 0 Å². The highest BCUT2D eigenvalue weighted by Crippen LogP contribution is 2.23. The van der Waals surface area contributed by atoms with Gasteiger partial charge in [0.25, 0.3) is 0 Å². The first-order valence-corrected chi connectivity index (χ1v) is 7.70. The maximum atomic E-state index is 11.8. The Balaban J connectivity index is 1.87. The van der Waals surface area contributed by atoms with Gasteiger partial charge in [-0.2, -0.15) is 5.10 Å². The Morgan fingerprint density at radius 2 is 2.25 bits per heavy atom. The van der Waals surface area contributed by atoms with Gasteiger partial charge in [-0.15, -0.1) is 11.3 Å². The molecule has 0 radical (unpaired) electrons. The number of nitrogens with zero attached hydrogens (tertiary/aromatic N) is 3. The van der Waals surface area contributed by atoms with Gasteiger partial charge in [-0.1, -0.05) is 26.2 Å². The molecule has 0 atom stereocenters. The zero-order valence-electron chi connectivity index (χ0n) is 11.8. The van der Waals surface area contributed by atoms with Crippen molar-refractivity contribution in [2.75, 3.05) is 6.61 Å². The molecule has 0 saturated heterocycles. The average Bonchev–Trinajstić information content (AvgIpc) is 3.06. The molecule has 0 bridgehead atoms. The predicted molar refractivity (Wildman–Crippen MR) is 78.7 cm³/mol. The smallest absolute Gasteiger partial charge is 0.357 e. The van der Waals surface area contributed by atoms with Crippen LogP contribution in [0.3, 0.4) is 0 Å². The number of carbonyl (C=O) groups excluding carboxylic acids is 1. The van der Waals surface area contributed by atoms with Crippen LogP contribution >= 0.6 is 11.3 Å². The number of aromatic nitrogens is 3. The van der Waals surface area contributed by atoms with Crippen molar-refractivity contribution in [3.8, 4) is 10.6 Å². The standard InChI is InChI=1S/C14H19N3O2S/c1-3-4-5-6-7-19-14(18)12-10-20-13(16-12)11-8-15-17(2)9-11/h8-10H,3-7H2,1-2H3. The molecule has 0 amide bonds. The lowest BCUT2D eigenvalue weighted by atomic mass is 10.2. The molecular formula is C14H19N3O2S. The Kier molecular flexibility index (Phi) is 5.29. The Morgan fingerprint density at radius 1 is 1.40 bits per heavy atom. The van der Waals surface area contributed by atoms with Crippen LogP contribution in [0.2, 0.25) is 0 Å². The summed E-state index contributed by atoms with van der Waals surface area (Å²) in [5, 5.41) is 6.61. The molecule has 0 saturated carbocycles. The van der Waals surface area contributed by atoms with Gasteiger partial charge >= 0.3 is 5.97 Å². The van der Waals surface area contributed by atoms with E-state index < -0.39 is 0 Å². The van der Waals surface area contributed by atoms with Gasteiger partial charge in [0.2, 0.25) is 0 Å². The number of esters is 1. The van der Waals surface area contributed by atoms with Crippen LogP contribution in [0.1, 0.15) is 43.1 Å². The number of thiazole rings is 1. The maximum Gasteiger partial charge on any atom is 0.357 e. The summed E-state index contributed by atoms with van der Waals surface area (Å²) in [4.78, 5) is 16.1. The topological polar surface area (TPSA) is 57.0 Å². The van der Waals surface area contributed by atoms with Crippen LogP contribution in [0.25, 0.3) is 10.6 Å². The second-order valence-electron chi connectivity index (χ2n) is 4.64. The van der Waals surface area contributed by atoms with Crippen molar-refractivity contribution in [2.24, 2.45) is 7.05 Å². The Labute approximate surface area is 122 Å². The van der Waals surface area contributed by atoms with E-state index in [0.717, 1.165) is 23.4 Å². The molecule has 0 fully saturated rings. The lowest BCUT2D eigenvalue weighted by Crippen LogP contribution is -2.06. The van der Waals surface area contributed by atoms with E-state index in [2.05, 4.69) is 17.0 Å². The first-order chi connectivity index (χ1) is 9.70. The van der Waals surface area contributed by atoms with E-state index in [-0.39, 0.29) is 5.97 Å². The van der Waals surface area contributed by atoms with Gasteiger partial charge in [-0.3, -0.25) is 4.68 Å². The summed E-state index contributed by atoms with van der Waals surface area (Å²) < 4.78 is 6.92. The van der Waals surface area contributed by atoms with Crippen LogP contribution < -0.4 is 0 Å². The van der Waals surface area contributed by atoms with E-state index in [1.54, 1.807) is 16.3 Å². The molecule has 20 heavy (non-hydrogen) atoms. The van der Waals surface area contributed by atoms with Crippen LogP contribution in [0, 0.1) is 0 Å². The van der Waals surface area contributed by atoms with Crippen molar-refractivity contribution in [3.63, 3.8) is 0 Å². The summed E-state index contributed by atoms with van der Waals surface area (Å²) in [6.45, 7) is 2.62. The lowest BCUT2D eigenvalue weighted by molar-refractivity contribution is 0.0492. The molecule has 0 aliphatic rings. The van der Waals surface area contributed by atoms with Crippen LogP contribution in [0.4, 0.5) is 0 Å². The van der Waals surface area contributed by atoms with E-state index in [1.807, 2.05) is 13.2 Å². The fraction of sp³-hybridized carbons (Fsp3) is 0.500. The summed E-state index contributed by atoms with van der Waals surface area (Å²) in [7, 11) is 1.85. The second kappa shape index (κ2) is 7.19. The van der Waals surface area contributed by atoms with Crippen molar-refractivity contribution in [1.29, 1.82) is 0 Å². The molecule has 0 spiro atoms. The minimum absolute atomic E-state index is 0.340. The van der Waals surface area contributed by atoms with E-state index in [4.69, 9.17) is 4.74 Å².